The lowest BCUT2D eigenvalue weighted by Gasteiger charge is -2.30. The Bertz CT molecular complexity index is 532. The monoisotopic (exact) mass is 302 g/mol. The molecule has 4 heteroatoms. The second-order valence-electron chi connectivity index (χ2n) is 4.94. The van der Waals surface area contributed by atoms with Gasteiger partial charge in [0.1, 0.15) is 12.2 Å². The van der Waals surface area contributed by atoms with E-state index in [2.05, 4.69) is 12.1 Å². The van der Waals surface area contributed by atoms with Crippen LogP contribution >= 0.6 is 12.0 Å². The predicted molar refractivity (Wildman–Crippen MR) is 82.6 cm³/mol. The van der Waals surface area contributed by atoms with Crippen LogP contribution < -0.4 is 0 Å². The van der Waals surface area contributed by atoms with E-state index >= 15 is 0 Å². The molecule has 1 aliphatic heterocycles. The van der Waals surface area contributed by atoms with E-state index in [1.165, 1.54) is 12.0 Å². The normalized spacial score (nSPS) is 22.1. The fraction of sp³-hybridized carbons (Fsp3) is 0.294. The van der Waals surface area contributed by atoms with Crippen LogP contribution in [-0.4, -0.2) is 12.7 Å². The van der Waals surface area contributed by atoms with Gasteiger partial charge in [-0.15, -0.1) is 0 Å². The van der Waals surface area contributed by atoms with Crippen molar-refractivity contribution in [2.75, 3.05) is 6.61 Å². The predicted octanol–water partition coefficient (Wildman–Crippen LogP) is 4.56. The summed E-state index contributed by atoms with van der Waals surface area (Å²) >= 11 is 1.23. The molecule has 0 aliphatic carbocycles. The molecule has 0 radical (unpaired) electrons. The Hall–Kier alpha value is -1.33. The molecule has 0 bridgehead atoms. The Labute approximate surface area is 129 Å². The number of hydrogen-bond acceptors (Lipinski definition) is 4. The Kier molecular flexibility index (Phi) is 5.29. The molecule has 2 atom stereocenters. The average Bonchev–Trinajstić information content (AvgIpc) is 2.57. The van der Waals surface area contributed by atoms with Crippen molar-refractivity contribution in [2.45, 2.75) is 29.9 Å². The summed E-state index contributed by atoms with van der Waals surface area (Å²) < 4.78 is 11.2. The van der Waals surface area contributed by atoms with Gasteiger partial charge in [-0.2, -0.15) is 4.33 Å². The van der Waals surface area contributed by atoms with Gasteiger partial charge in [0.15, 0.2) is 0 Å². The molecule has 1 aliphatic rings. The van der Waals surface area contributed by atoms with E-state index in [9.17, 15) is 0 Å². The molecule has 1 heterocycles. The van der Waals surface area contributed by atoms with Gasteiger partial charge in [-0.1, -0.05) is 48.5 Å². The van der Waals surface area contributed by atoms with E-state index in [1.54, 1.807) is 0 Å². The third-order valence-electron chi connectivity index (χ3n) is 3.43. The van der Waals surface area contributed by atoms with Crippen molar-refractivity contribution in [1.82, 2.24) is 0 Å². The summed E-state index contributed by atoms with van der Waals surface area (Å²) in [5, 5.41) is 0. The number of ether oxygens (including phenoxy) is 1. The number of hydrogen-bond donors (Lipinski definition) is 0. The lowest BCUT2D eigenvalue weighted by Crippen LogP contribution is -2.29. The maximum Gasteiger partial charge on any atom is 0.125 e. The van der Waals surface area contributed by atoms with E-state index < -0.39 is 0 Å². The first kappa shape index (κ1) is 14.6. The molecule has 0 spiro atoms. The van der Waals surface area contributed by atoms with E-state index in [4.69, 9.17) is 14.0 Å². The standard InChI is InChI=1S/C17H18O3S/c1-3-8-14(9-4-1)17-16(12-7-13-18-17)19-20-21-15-10-5-2-6-11-15/h1-6,8-11,16-17H,7,12-13H2/t16-,17+/m1/s1. The quantitative estimate of drug-likeness (QED) is 0.459. The fourth-order valence-electron chi connectivity index (χ4n) is 2.39. The molecule has 0 amide bonds. The first-order valence-corrected chi connectivity index (χ1v) is 7.89. The lowest BCUT2D eigenvalue weighted by molar-refractivity contribution is -0.272. The smallest absolute Gasteiger partial charge is 0.125 e. The minimum absolute atomic E-state index is 0.0590. The van der Waals surface area contributed by atoms with E-state index in [1.807, 2.05) is 48.5 Å². The van der Waals surface area contributed by atoms with Crippen LogP contribution in [0.1, 0.15) is 24.5 Å². The molecule has 2 aromatic rings. The summed E-state index contributed by atoms with van der Waals surface area (Å²) in [4.78, 5) is 6.61. The summed E-state index contributed by atoms with van der Waals surface area (Å²) in [5.74, 6) is 0. The molecule has 0 aromatic heterocycles. The van der Waals surface area contributed by atoms with Crippen molar-refractivity contribution in [1.29, 1.82) is 0 Å². The van der Waals surface area contributed by atoms with Crippen LogP contribution in [0.2, 0.25) is 0 Å². The van der Waals surface area contributed by atoms with E-state index in [0.717, 1.165) is 29.9 Å². The Balaban J connectivity index is 1.57. The van der Waals surface area contributed by atoms with Crippen molar-refractivity contribution in [3.05, 3.63) is 66.2 Å². The molecular weight excluding hydrogens is 284 g/mol. The molecular formula is C17H18O3S. The SMILES string of the molecule is c1ccc(SOO[C@@H]2CCCO[C@H]2c2ccccc2)cc1. The Morgan fingerprint density at radius 1 is 0.952 bits per heavy atom. The molecule has 110 valence electrons. The van der Waals surface area contributed by atoms with Gasteiger partial charge < -0.3 is 4.74 Å². The molecule has 3 nitrogen and oxygen atoms in total. The average molecular weight is 302 g/mol. The van der Waals surface area contributed by atoms with Gasteiger partial charge in [-0.25, -0.2) is 4.89 Å². The third kappa shape index (κ3) is 4.08. The van der Waals surface area contributed by atoms with Crippen LogP contribution in [0.15, 0.2) is 65.6 Å². The number of rotatable bonds is 5. The highest BCUT2D eigenvalue weighted by Gasteiger charge is 2.29. The summed E-state index contributed by atoms with van der Waals surface area (Å²) in [7, 11) is 0. The van der Waals surface area contributed by atoms with Gasteiger partial charge >= 0.3 is 0 Å². The van der Waals surface area contributed by atoms with Crippen LogP contribution in [0.4, 0.5) is 0 Å². The van der Waals surface area contributed by atoms with E-state index in [-0.39, 0.29) is 12.2 Å². The number of benzene rings is 2. The highest BCUT2D eigenvalue weighted by Crippen LogP contribution is 2.32. The van der Waals surface area contributed by atoms with E-state index in [0.29, 0.717) is 0 Å². The minimum Gasteiger partial charge on any atom is -0.371 e. The zero-order valence-electron chi connectivity index (χ0n) is 11.7. The summed E-state index contributed by atoms with van der Waals surface area (Å²) in [6, 6.07) is 20.1. The largest absolute Gasteiger partial charge is 0.371 e. The van der Waals surface area contributed by atoms with Gasteiger partial charge in [0.2, 0.25) is 0 Å². The molecule has 2 aromatic carbocycles. The molecule has 1 saturated heterocycles. The molecule has 0 N–H and O–H groups in total. The van der Waals surface area contributed by atoms with Gasteiger partial charge in [0.05, 0.1) is 12.0 Å². The van der Waals surface area contributed by atoms with Crippen LogP contribution in [0.5, 0.6) is 0 Å². The zero-order chi connectivity index (χ0) is 14.3. The van der Waals surface area contributed by atoms with Gasteiger partial charge in [0.25, 0.3) is 0 Å². The zero-order valence-corrected chi connectivity index (χ0v) is 12.5. The molecule has 0 saturated carbocycles. The van der Waals surface area contributed by atoms with Crippen molar-refractivity contribution >= 4 is 12.0 Å². The Morgan fingerprint density at radius 3 is 2.43 bits per heavy atom. The minimum atomic E-state index is -0.0719. The maximum atomic E-state index is 5.87. The molecule has 0 unspecified atom stereocenters. The van der Waals surface area contributed by atoms with Gasteiger partial charge in [-0.05, 0) is 30.5 Å². The lowest BCUT2D eigenvalue weighted by atomic mass is 9.99. The van der Waals surface area contributed by atoms with Crippen molar-refractivity contribution < 1.29 is 14.0 Å². The first-order chi connectivity index (χ1) is 10.4. The van der Waals surface area contributed by atoms with Crippen LogP contribution in [-0.2, 0) is 14.0 Å². The third-order valence-corrected chi connectivity index (χ3v) is 4.04. The Morgan fingerprint density at radius 2 is 1.67 bits per heavy atom. The van der Waals surface area contributed by atoms with Crippen molar-refractivity contribution in [3.63, 3.8) is 0 Å². The molecule has 3 rings (SSSR count). The maximum absolute atomic E-state index is 5.87. The molecule has 21 heavy (non-hydrogen) atoms. The van der Waals surface area contributed by atoms with Crippen molar-refractivity contribution in [2.24, 2.45) is 0 Å². The first-order valence-electron chi connectivity index (χ1n) is 7.15. The van der Waals surface area contributed by atoms with Crippen molar-refractivity contribution in [3.8, 4) is 0 Å². The van der Waals surface area contributed by atoms with Crippen LogP contribution in [0, 0.1) is 0 Å². The van der Waals surface area contributed by atoms with Gasteiger partial charge in [-0.3, -0.25) is 0 Å². The van der Waals surface area contributed by atoms with Crippen LogP contribution in [0.3, 0.4) is 0 Å². The van der Waals surface area contributed by atoms with Gasteiger partial charge in [0, 0.05) is 11.5 Å². The summed E-state index contributed by atoms with van der Waals surface area (Å²) in [5.41, 5.74) is 1.13. The highest BCUT2D eigenvalue weighted by atomic mass is 32.2. The summed E-state index contributed by atoms with van der Waals surface area (Å²) in [6.45, 7) is 0.769. The fourth-order valence-corrected chi connectivity index (χ4v) is 2.88. The summed E-state index contributed by atoms with van der Waals surface area (Å²) in [6.07, 6.45) is 1.80. The second-order valence-corrected chi connectivity index (χ2v) is 5.72. The molecule has 1 fully saturated rings. The van der Waals surface area contributed by atoms with Crippen LogP contribution in [0.25, 0.3) is 0 Å². The topological polar surface area (TPSA) is 27.7 Å². The second kappa shape index (κ2) is 7.61. The highest BCUT2D eigenvalue weighted by molar-refractivity contribution is 7.94.